The average molecular weight is 351 g/mol. The van der Waals surface area contributed by atoms with Crippen LogP contribution in [0.15, 0.2) is 40.9 Å². The summed E-state index contributed by atoms with van der Waals surface area (Å²) in [6, 6.07) is 10.4. The number of carbonyl (C=O) groups is 1. The Hall–Kier alpha value is -1.88. The third-order valence-electron chi connectivity index (χ3n) is 3.08. The molecule has 0 heterocycles. The molecule has 0 aliphatic rings. The van der Waals surface area contributed by atoms with Crippen LogP contribution in [0.3, 0.4) is 0 Å². The zero-order valence-electron chi connectivity index (χ0n) is 11.8. The fourth-order valence-corrected chi connectivity index (χ4v) is 2.35. The molecule has 0 aliphatic carbocycles. The number of hydrogen-bond donors (Lipinski definition) is 2. The van der Waals surface area contributed by atoms with E-state index in [9.17, 15) is 9.18 Å². The quantitative estimate of drug-likeness (QED) is 0.864. The van der Waals surface area contributed by atoms with Crippen molar-refractivity contribution in [3.8, 4) is 0 Å². The molecule has 0 aromatic heterocycles. The molecule has 0 saturated heterocycles. The predicted octanol–water partition coefficient (Wildman–Crippen LogP) is 4.26. The number of carbonyl (C=O) groups excluding carboxylic acids is 1. The molecule has 0 radical (unpaired) electrons. The molecule has 5 heteroatoms. The van der Waals surface area contributed by atoms with Gasteiger partial charge >= 0.3 is 0 Å². The van der Waals surface area contributed by atoms with Gasteiger partial charge in [0.05, 0.1) is 6.54 Å². The highest BCUT2D eigenvalue weighted by Gasteiger charge is 2.06. The molecule has 0 fully saturated rings. The first-order valence-electron chi connectivity index (χ1n) is 6.52. The van der Waals surface area contributed by atoms with Crippen LogP contribution in [-0.4, -0.2) is 12.5 Å². The fraction of sp³-hybridized carbons (Fsp3) is 0.188. The van der Waals surface area contributed by atoms with Gasteiger partial charge in [-0.3, -0.25) is 4.79 Å². The summed E-state index contributed by atoms with van der Waals surface area (Å²) in [5, 5.41) is 5.72. The highest BCUT2D eigenvalue weighted by atomic mass is 79.9. The average Bonchev–Trinajstić information content (AvgIpc) is 2.42. The van der Waals surface area contributed by atoms with E-state index in [2.05, 4.69) is 26.6 Å². The Kier molecular flexibility index (Phi) is 4.96. The predicted molar refractivity (Wildman–Crippen MR) is 87.1 cm³/mol. The Morgan fingerprint density at radius 1 is 1.14 bits per heavy atom. The van der Waals surface area contributed by atoms with Crippen LogP contribution in [0.5, 0.6) is 0 Å². The highest BCUT2D eigenvalue weighted by molar-refractivity contribution is 9.10. The third-order valence-corrected chi connectivity index (χ3v) is 3.58. The number of hydrogen-bond acceptors (Lipinski definition) is 2. The largest absolute Gasteiger partial charge is 0.376 e. The molecule has 2 N–H and O–H groups in total. The van der Waals surface area contributed by atoms with E-state index in [1.165, 1.54) is 6.07 Å². The molecule has 0 unspecified atom stereocenters. The van der Waals surface area contributed by atoms with E-state index in [0.29, 0.717) is 11.3 Å². The zero-order chi connectivity index (χ0) is 15.4. The number of anilines is 2. The van der Waals surface area contributed by atoms with Gasteiger partial charge in [-0.05, 0) is 55.3 Å². The lowest BCUT2D eigenvalue weighted by atomic mass is 10.2. The van der Waals surface area contributed by atoms with Crippen molar-refractivity contribution in [1.82, 2.24) is 0 Å². The number of halogens is 2. The van der Waals surface area contributed by atoms with Gasteiger partial charge in [-0.2, -0.15) is 0 Å². The van der Waals surface area contributed by atoms with Crippen molar-refractivity contribution in [2.75, 3.05) is 17.2 Å². The van der Waals surface area contributed by atoms with Crippen molar-refractivity contribution >= 4 is 33.2 Å². The maximum Gasteiger partial charge on any atom is 0.243 e. The first-order chi connectivity index (χ1) is 9.95. The summed E-state index contributed by atoms with van der Waals surface area (Å²) in [6.07, 6.45) is 0. The number of aryl methyl sites for hydroxylation is 2. The number of benzene rings is 2. The summed E-state index contributed by atoms with van der Waals surface area (Å²) >= 11 is 3.39. The molecule has 21 heavy (non-hydrogen) atoms. The van der Waals surface area contributed by atoms with Crippen molar-refractivity contribution in [3.05, 3.63) is 57.8 Å². The molecular formula is C16H16BrFN2O. The van der Waals surface area contributed by atoms with E-state index in [0.717, 1.165) is 15.7 Å². The van der Waals surface area contributed by atoms with Crippen LogP contribution in [0.25, 0.3) is 0 Å². The normalized spacial score (nSPS) is 10.3. The fourth-order valence-electron chi connectivity index (χ4n) is 1.88. The summed E-state index contributed by atoms with van der Waals surface area (Å²) in [7, 11) is 0. The van der Waals surface area contributed by atoms with Gasteiger partial charge in [0.15, 0.2) is 0 Å². The molecule has 0 spiro atoms. The van der Waals surface area contributed by atoms with Crippen LogP contribution in [0.4, 0.5) is 15.8 Å². The van der Waals surface area contributed by atoms with E-state index in [1.807, 2.05) is 25.1 Å². The second-order valence-electron chi connectivity index (χ2n) is 4.82. The van der Waals surface area contributed by atoms with Gasteiger partial charge in [0, 0.05) is 15.8 Å². The molecule has 110 valence electrons. The van der Waals surface area contributed by atoms with Crippen LogP contribution in [0.2, 0.25) is 0 Å². The van der Waals surface area contributed by atoms with Gasteiger partial charge in [-0.25, -0.2) is 4.39 Å². The Morgan fingerprint density at radius 3 is 2.57 bits per heavy atom. The Balaban J connectivity index is 1.94. The maximum absolute atomic E-state index is 13.4. The molecule has 0 atom stereocenters. The van der Waals surface area contributed by atoms with Gasteiger partial charge in [0.25, 0.3) is 0 Å². The lowest BCUT2D eigenvalue weighted by Gasteiger charge is -2.10. The summed E-state index contributed by atoms with van der Waals surface area (Å²) in [6.45, 7) is 3.76. The molecule has 1 amide bonds. The number of amides is 1. The second-order valence-corrected chi connectivity index (χ2v) is 5.74. The van der Waals surface area contributed by atoms with Gasteiger partial charge in [0.1, 0.15) is 5.82 Å². The van der Waals surface area contributed by atoms with E-state index in [-0.39, 0.29) is 18.3 Å². The van der Waals surface area contributed by atoms with Crippen LogP contribution in [-0.2, 0) is 4.79 Å². The Morgan fingerprint density at radius 2 is 1.90 bits per heavy atom. The van der Waals surface area contributed by atoms with Crippen molar-refractivity contribution in [2.24, 2.45) is 0 Å². The molecule has 2 rings (SSSR count). The standard InChI is InChI=1S/C16H16BrFN2O/c1-10-3-5-13(8-14(10)18)20-16(21)9-19-15-6-4-12(17)7-11(15)2/h3-8,19H,9H2,1-2H3,(H,20,21). The minimum Gasteiger partial charge on any atom is -0.376 e. The van der Waals surface area contributed by atoms with Crippen molar-refractivity contribution in [1.29, 1.82) is 0 Å². The first kappa shape index (κ1) is 15.5. The van der Waals surface area contributed by atoms with Crippen LogP contribution in [0.1, 0.15) is 11.1 Å². The highest BCUT2D eigenvalue weighted by Crippen LogP contribution is 2.20. The molecule has 2 aromatic carbocycles. The minimum atomic E-state index is -0.329. The van der Waals surface area contributed by atoms with E-state index < -0.39 is 0 Å². The van der Waals surface area contributed by atoms with E-state index >= 15 is 0 Å². The van der Waals surface area contributed by atoms with Gasteiger partial charge in [-0.15, -0.1) is 0 Å². The SMILES string of the molecule is Cc1ccc(NC(=O)CNc2ccc(Br)cc2C)cc1F. The molecular weight excluding hydrogens is 335 g/mol. The summed E-state index contributed by atoms with van der Waals surface area (Å²) in [5.41, 5.74) is 2.94. The molecule has 0 aliphatic heterocycles. The zero-order valence-corrected chi connectivity index (χ0v) is 13.4. The molecule has 0 saturated carbocycles. The Labute approximate surface area is 131 Å². The first-order valence-corrected chi connectivity index (χ1v) is 7.31. The second kappa shape index (κ2) is 6.72. The van der Waals surface area contributed by atoms with Gasteiger partial charge in [0.2, 0.25) is 5.91 Å². The van der Waals surface area contributed by atoms with Crippen molar-refractivity contribution < 1.29 is 9.18 Å². The van der Waals surface area contributed by atoms with E-state index in [4.69, 9.17) is 0 Å². The Bertz CT molecular complexity index is 673. The molecule has 0 bridgehead atoms. The summed E-state index contributed by atoms with van der Waals surface area (Å²) < 4.78 is 14.4. The topological polar surface area (TPSA) is 41.1 Å². The number of nitrogens with one attached hydrogen (secondary N) is 2. The third kappa shape index (κ3) is 4.29. The monoisotopic (exact) mass is 350 g/mol. The van der Waals surface area contributed by atoms with Crippen LogP contribution >= 0.6 is 15.9 Å². The minimum absolute atomic E-state index is 0.123. The summed E-state index contributed by atoms with van der Waals surface area (Å²) in [4.78, 5) is 11.9. The van der Waals surface area contributed by atoms with Crippen molar-refractivity contribution in [3.63, 3.8) is 0 Å². The van der Waals surface area contributed by atoms with E-state index in [1.54, 1.807) is 19.1 Å². The summed E-state index contributed by atoms with van der Waals surface area (Å²) in [5.74, 6) is -0.551. The van der Waals surface area contributed by atoms with Crippen LogP contribution in [0, 0.1) is 19.7 Å². The van der Waals surface area contributed by atoms with Crippen LogP contribution < -0.4 is 10.6 Å². The molecule has 2 aromatic rings. The molecule has 3 nitrogen and oxygen atoms in total. The number of rotatable bonds is 4. The van der Waals surface area contributed by atoms with Gasteiger partial charge < -0.3 is 10.6 Å². The maximum atomic E-state index is 13.4. The lowest BCUT2D eigenvalue weighted by Crippen LogP contribution is -2.22. The smallest absolute Gasteiger partial charge is 0.243 e. The van der Waals surface area contributed by atoms with Crippen molar-refractivity contribution in [2.45, 2.75) is 13.8 Å². The van der Waals surface area contributed by atoms with Gasteiger partial charge in [-0.1, -0.05) is 22.0 Å². The lowest BCUT2D eigenvalue weighted by molar-refractivity contribution is -0.114.